The second-order valence-electron chi connectivity index (χ2n) is 7.54. The number of carbonyl (C=O) groups is 3. The van der Waals surface area contributed by atoms with Crippen LogP contribution >= 0.6 is 11.6 Å². The lowest BCUT2D eigenvalue weighted by atomic mass is 10.1. The molecule has 3 aromatic carbocycles. The fourth-order valence-electron chi connectivity index (χ4n) is 3.35. The van der Waals surface area contributed by atoms with E-state index in [9.17, 15) is 18.8 Å². The van der Waals surface area contributed by atoms with Crippen molar-refractivity contribution in [3.63, 3.8) is 0 Å². The molecule has 4 rings (SSSR count). The van der Waals surface area contributed by atoms with Gasteiger partial charge in [0.1, 0.15) is 16.5 Å². The Morgan fingerprint density at radius 2 is 1.67 bits per heavy atom. The van der Waals surface area contributed by atoms with E-state index in [1.165, 1.54) is 24.3 Å². The van der Waals surface area contributed by atoms with Crippen LogP contribution in [0.5, 0.6) is 0 Å². The van der Waals surface area contributed by atoms with Gasteiger partial charge in [0, 0.05) is 11.3 Å². The first-order valence-electron chi connectivity index (χ1n) is 10.0. The molecule has 1 aliphatic rings. The van der Waals surface area contributed by atoms with Gasteiger partial charge in [-0.05, 0) is 67.4 Å². The molecule has 6 nitrogen and oxygen atoms in total. The van der Waals surface area contributed by atoms with Gasteiger partial charge in [-0.15, -0.1) is 0 Å². The summed E-state index contributed by atoms with van der Waals surface area (Å²) < 4.78 is 13.8. The van der Waals surface area contributed by atoms with E-state index in [1.807, 2.05) is 19.9 Å². The normalized spacial score (nSPS) is 13.5. The molecule has 3 amide bonds. The van der Waals surface area contributed by atoms with Crippen LogP contribution in [-0.2, 0) is 9.59 Å². The molecule has 0 fully saturated rings. The number of imide groups is 1. The number of amides is 3. The minimum Gasteiger partial charge on any atom is -0.350 e. The molecule has 166 valence electrons. The van der Waals surface area contributed by atoms with Gasteiger partial charge in [-0.1, -0.05) is 35.9 Å². The maximum Gasteiger partial charge on any atom is 0.283 e. The highest BCUT2D eigenvalue weighted by Gasteiger charge is 2.39. The van der Waals surface area contributed by atoms with Crippen molar-refractivity contribution in [2.75, 3.05) is 15.5 Å². The van der Waals surface area contributed by atoms with Crippen molar-refractivity contribution >= 4 is 46.4 Å². The number of para-hydroxylation sites is 1. The van der Waals surface area contributed by atoms with Crippen LogP contribution < -0.4 is 15.5 Å². The lowest BCUT2D eigenvalue weighted by Gasteiger charge is -2.16. The van der Waals surface area contributed by atoms with Gasteiger partial charge >= 0.3 is 0 Å². The molecule has 2 N–H and O–H groups in total. The van der Waals surface area contributed by atoms with Crippen molar-refractivity contribution in [3.8, 4) is 0 Å². The van der Waals surface area contributed by atoms with Crippen LogP contribution in [0.3, 0.4) is 0 Å². The monoisotopic (exact) mass is 463 g/mol. The van der Waals surface area contributed by atoms with Crippen molar-refractivity contribution in [2.45, 2.75) is 13.8 Å². The molecule has 0 atom stereocenters. The maximum absolute atomic E-state index is 13.8. The van der Waals surface area contributed by atoms with Gasteiger partial charge in [0.25, 0.3) is 17.7 Å². The number of nitrogens with one attached hydrogen (secondary N) is 2. The Kier molecular flexibility index (Phi) is 5.98. The van der Waals surface area contributed by atoms with E-state index >= 15 is 0 Å². The van der Waals surface area contributed by atoms with Crippen LogP contribution in [0.4, 0.5) is 21.5 Å². The number of rotatable bonds is 5. The Morgan fingerprint density at radius 3 is 2.39 bits per heavy atom. The van der Waals surface area contributed by atoms with E-state index in [-0.39, 0.29) is 22.0 Å². The highest BCUT2D eigenvalue weighted by molar-refractivity contribution is 6.53. The Bertz CT molecular complexity index is 1340. The lowest BCUT2D eigenvalue weighted by molar-refractivity contribution is -0.120. The quantitative estimate of drug-likeness (QED) is 0.514. The Hall–Kier alpha value is -3.97. The summed E-state index contributed by atoms with van der Waals surface area (Å²) >= 11 is 6.20. The summed E-state index contributed by atoms with van der Waals surface area (Å²) in [4.78, 5) is 39.3. The van der Waals surface area contributed by atoms with E-state index in [0.29, 0.717) is 11.4 Å². The zero-order valence-electron chi connectivity index (χ0n) is 17.8. The number of aryl methyl sites for hydroxylation is 2. The largest absolute Gasteiger partial charge is 0.350 e. The number of hydrogen-bond donors (Lipinski definition) is 2. The van der Waals surface area contributed by atoms with E-state index in [4.69, 9.17) is 11.6 Å². The first kappa shape index (κ1) is 22.2. The van der Waals surface area contributed by atoms with E-state index in [2.05, 4.69) is 10.6 Å². The second-order valence-corrected chi connectivity index (χ2v) is 7.92. The number of hydrogen-bond acceptors (Lipinski definition) is 4. The molecule has 33 heavy (non-hydrogen) atoms. The molecule has 1 aliphatic heterocycles. The summed E-state index contributed by atoms with van der Waals surface area (Å²) in [6.45, 7) is 3.82. The molecule has 0 aromatic heterocycles. The fourth-order valence-corrected chi connectivity index (χ4v) is 3.56. The molecular formula is C25H19ClFN3O3. The van der Waals surface area contributed by atoms with Crippen molar-refractivity contribution in [1.29, 1.82) is 0 Å². The van der Waals surface area contributed by atoms with Gasteiger partial charge in [-0.2, -0.15) is 0 Å². The third-order valence-electron chi connectivity index (χ3n) is 5.29. The van der Waals surface area contributed by atoms with Crippen LogP contribution in [0.15, 0.2) is 77.5 Å². The molecule has 0 bridgehead atoms. The molecule has 0 spiro atoms. The van der Waals surface area contributed by atoms with Crippen LogP contribution in [0.25, 0.3) is 0 Å². The lowest BCUT2D eigenvalue weighted by Crippen LogP contribution is -2.32. The summed E-state index contributed by atoms with van der Waals surface area (Å²) in [5, 5.41) is 5.10. The molecule has 0 aliphatic carbocycles. The molecule has 0 radical (unpaired) electrons. The number of anilines is 3. The van der Waals surface area contributed by atoms with Crippen molar-refractivity contribution in [3.05, 3.63) is 100.0 Å². The minimum atomic E-state index is -0.638. The van der Waals surface area contributed by atoms with Gasteiger partial charge in [0.05, 0.1) is 11.4 Å². The van der Waals surface area contributed by atoms with Gasteiger partial charge in [-0.25, -0.2) is 9.29 Å². The molecular weight excluding hydrogens is 445 g/mol. The van der Waals surface area contributed by atoms with E-state index in [0.717, 1.165) is 16.0 Å². The highest BCUT2D eigenvalue weighted by atomic mass is 35.5. The van der Waals surface area contributed by atoms with Gasteiger partial charge in [0.2, 0.25) is 0 Å². The Labute approximate surface area is 194 Å². The topological polar surface area (TPSA) is 78.5 Å². The van der Waals surface area contributed by atoms with Crippen LogP contribution in [-0.4, -0.2) is 17.7 Å². The molecule has 0 saturated heterocycles. The molecule has 8 heteroatoms. The van der Waals surface area contributed by atoms with Crippen LogP contribution in [0.1, 0.15) is 21.5 Å². The standard InChI is InChI=1S/C25H19ClFN3O3/c1-14-10-11-18(12-15(14)2)30-24(32)21(26)22(25(30)33)28-17-7-5-6-16(13-17)23(31)29-20-9-4-3-8-19(20)27/h3-13,28H,1-2H3,(H,29,31). The smallest absolute Gasteiger partial charge is 0.283 e. The first-order chi connectivity index (χ1) is 15.8. The number of benzene rings is 3. The summed E-state index contributed by atoms with van der Waals surface area (Å²) in [7, 11) is 0. The van der Waals surface area contributed by atoms with Gasteiger partial charge in [0.15, 0.2) is 0 Å². The average molecular weight is 464 g/mol. The van der Waals surface area contributed by atoms with Crippen molar-refractivity contribution < 1.29 is 18.8 Å². The van der Waals surface area contributed by atoms with Gasteiger partial charge in [-0.3, -0.25) is 14.4 Å². The molecule has 0 unspecified atom stereocenters. The number of carbonyl (C=O) groups excluding carboxylic acids is 3. The Morgan fingerprint density at radius 1 is 0.909 bits per heavy atom. The number of nitrogens with zero attached hydrogens (tertiary/aromatic N) is 1. The van der Waals surface area contributed by atoms with Crippen molar-refractivity contribution in [1.82, 2.24) is 0 Å². The minimum absolute atomic E-state index is 0.0483. The zero-order chi connectivity index (χ0) is 23.7. The Balaban J connectivity index is 1.56. The molecule has 1 heterocycles. The number of halogens is 2. The molecule has 0 saturated carbocycles. The SMILES string of the molecule is Cc1ccc(N2C(=O)C(Cl)=C(Nc3cccc(C(=O)Nc4ccccc4F)c3)C2=O)cc1C. The summed E-state index contributed by atoms with van der Waals surface area (Å²) in [6, 6.07) is 17.3. The zero-order valence-corrected chi connectivity index (χ0v) is 18.5. The third kappa shape index (κ3) is 4.36. The maximum atomic E-state index is 13.8. The van der Waals surface area contributed by atoms with E-state index < -0.39 is 23.5 Å². The van der Waals surface area contributed by atoms with Crippen LogP contribution in [0, 0.1) is 19.7 Å². The average Bonchev–Trinajstić information content (AvgIpc) is 3.00. The second kappa shape index (κ2) is 8.88. The summed E-state index contributed by atoms with van der Waals surface area (Å²) in [6.07, 6.45) is 0. The fraction of sp³-hybridized carbons (Fsp3) is 0.0800. The van der Waals surface area contributed by atoms with E-state index in [1.54, 1.807) is 36.4 Å². The predicted molar refractivity (Wildman–Crippen MR) is 126 cm³/mol. The summed E-state index contributed by atoms with van der Waals surface area (Å²) in [5.74, 6) is -2.33. The predicted octanol–water partition coefficient (Wildman–Crippen LogP) is 5.13. The summed E-state index contributed by atoms with van der Waals surface area (Å²) in [5.41, 5.74) is 2.93. The van der Waals surface area contributed by atoms with Gasteiger partial charge < -0.3 is 10.6 Å². The van der Waals surface area contributed by atoms with Crippen LogP contribution in [0.2, 0.25) is 0 Å². The van der Waals surface area contributed by atoms with Crippen molar-refractivity contribution in [2.24, 2.45) is 0 Å². The molecule has 3 aromatic rings. The highest BCUT2D eigenvalue weighted by Crippen LogP contribution is 2.31. The first-order valence-corrected chi connectivity index (χ1v) is 10.4. The third-order valence-corrected chi connectivity index (χ3v) is 5.64.